The number of rotatable bonds is 4. The van der Waals surface area contributed by atoms with Crippen molar-refractivity contribution in [1.29, 1.82) is 0 Å². The molecule has 2 rings (SSSR count). The zero-order valence-corrected chi connectivity index (χ0v) is 13.5. The monoisotopic (exact) mass is 295 g/mol. The minimum atomic E-state index is 0.112. The van der Waals surface area contributed by atoms with Crippen molar-refractivity contribution in [2.75, 3.05) is 26.7 Å². The summed E-state index contributed by atoms with van der Waals surface area (Å²) in [6.07, 6.45) is 0.953. The van der Waals surface area contributed by atoms with Crippen LogP contribution in [0.2, 0.25) is 5.02 Å². The van der Waals surface area contributed by atoms with Crippen LogP contribution < -0.4 is 5.73 Å². The third-order valence-electron chi connectivity index (χ3n) is 4.34. The predicted molar refractivity (Wildman–Crippen MR) is 86.1 cm³/mol. The maximum absolute atomic E-state index is 6.43. The number of nitrogens with two attached hydrogens (primary N) is 1. The molecule has 0 amide bonds. The van der Waals surface area contributed by atoms with Crippen molar-refractivity contribution in [2.24, 2.45) is 5.73 Å². The predicted octanol–water partition coefficient (Wildman–Crippen LogP) is 2.75. The van der Waals surface area contributed by atoms with Gasteiger partial charge < -0.3 is 10.6 Å². The van der Waals surface area contributed by atoms with Gasteiger partial charge in [0, 0.05) is 36.7 Å². The van der Waals surface area contributed by atoms with Gasteiger partial charge in [-0.1, -0.05) is 36.7 Å². The summed E-state index contributed by atoms with van der Waals surface area (Å²) in [5.41, 5.74) is 7.60. The Morgan fingerprint density at radius 1 is 1.35 bits per heavy atom. The molecule has 0 aliphatic carbocycles. The fourth-order valence-electron chi connectivity index (χ4n) is 3.16. The number of likely N-dealkylation sites (N-methyl/N-ethyl adjacent to an activating group) is 1. The van der Waals surface area contributed by atoms with Gasteiger partial charge in [-0.15, -0.1) is 0 Å². The summed E-state index contributed by atoms with van der Waals surface area (Å²) in [4.78, 5) is 4.90. The molecule has 1 saturated heterocycles. The number of benzene rings is 1. The van der Waals surface area contributed by atoms with Gasteiger partial charge in [0.1, 0.15) is 0 Å². The molecule has 1 fully saturated rings. The van der Waals surface area contributed by atoms with Crippen LogP contribution in [0, 0.1) is 0 Å². The molecule has 3 atom stereocenters. The Morgan fingerprint density at radius 2 is 2.05 bits per heavy atom. The average Bonchev–Trinajstić information content (AvgIpc) is 2.43. The zero-order valence-electron chi connectivity index (χ0n) is 12.7. The molecule has 112 valence electrons. The minimum Gasteiger partial charge on any atom is -0.326 e. The highest BCUT2D eigenvalue weighted by atomic mass is 35.5. The van der Waals surface area contributed by atoms with Crippen molar-refractivity contribution >= 4 is 11.6 Å². The molecule has 2 N–H and O–H groups in total. The second kappa shape index (κ2) is 6.90. The van der Waals surface area contributed by atoms with Crippen LogP contribution in [0.15, 0.2) is 24.3 Å². The lowest BCUT2D eigenvalue weighted by Crippen LogP contribution is -2.55. The highest BCUT2D eigenvalue weighted by Gasteiger charge is 2.33. The molecule has 0 spiro atoms. The molecule has 20 heavy (non-hydrogen) atoms. The summed E-state index contributed by atoms with van der Waals surface area (Å²) in [7, 11) is 2.18. The molecule has 0 aromatic heterocycles. The highest BCUT2D eigenvalue weighted by Crippen LogP contribution is 2.33. The number of piperazine rings is 1. The fraction of sp³-hybridized carbons (Fsp3) is 0.625. The molecule has 1 aliphatic heterocycles. The van der Waals surface area contributed by atoms with Crippen molar-refractivity contribution < 1.29 is 0 Å². The highest BCUT2D eigenvalue weighted by molar-refractivity contribution is 6.31. The normalized spacial score (nSPS) is 24.6. The van der Waals surface area contributed by atoms with E-state index < -0.39 is 0 Å². The van der Waals surface area contributed by atoms with Gasteiger partial charge in [-0.05, 0) is 32.0 Å². The van der Waals surface area contributed by atoms with Crippen molar-refractivity contribution in [3.8, 4) is 0 Å². The van der Waals surface area contributed by atoms with Crippen LogP contribution in [0.25, 0.3) is 0 Å². The van der Waals surface area contributed by atoms with Crippen molar-refractivity contribution in [2.45, 2.75) is 38.4 Å². The van der Waals surface area contributed by atoms with Crippen LogP contribution in [0.4, 0.5) is 0 Å². The molecule has 1 heterocycles. The summed E-state index contributed by atoms with van der Waals surface area (Å²) in [5, 5.41) is 0.826. The quantitative estimate of drug-likeness (QED) is 0.927. The second-order valence-corrected chi connectivity index (χ2v) is 6.29. The van der Waals surface area contributed by atoms with Crippen molar-refractivity contribution in [3.05, 3.63) is 34.9 Å². The van der Waals surface area contributed by atoms with Crippen LogP contribution in [0.1, 0.15) is 31.9 Å². The largest absolute Gasteiger partial charge is 0.326 e. The van der Waals surface area contributed by atoms with E-state index in [4.69, 9.17) is 17.3 Å². The third kappa shape index (κ3) is 3.34. The SMILES string of the molecule is CCC(N)C(c1ccccc1Cl)N1CCN(C)CC1C. The number of halogens is 1. The molecule has 3 unspecified atom stereocenters. The molecular formula is C16H26ClN3. The van der Waals surface area contributed by atoms with E-state index in [2.05, 4.69) is 42.8 Å². The van der Waals surface area contributed by atoms with E-state index in [9.17, 15) is 0 Å². The van der Waals surface area contributed by atoms with Gasteiger partial charge in [0.25, 0.3) is 0 Å². The third-order valence-corrected chi connectivity index (χ3v) is 4.68. The Kier molecular flexibility index (Phi) is 5.44. The van der Waals surface area contributed by atoms with Gasteiger partial charge in [0.2, 0.25) is 0 Å². The molecule has 3 nitrogen and oxygen atoms in total. The Labute approximate surface area is 127 Å². The van der Waals surface area contributed by atoms with Crippen LogP contribution in [-0.2, 0) is 0 Å². The first-order valence-corrected chi connectivity index (χ1v) is 7.86. The van der Waals surface area contributed by atoms with Crippen LogP contribution in [-0.4, -0.2) is 48.6 Å². The van der Waals surface area contributed by atoms with E-state index in [1.807, 2.05) is 12.1 Å². The molecule has 0 bridgehead atoms. The van der Waals surface area contributed by atoms with E-state index in [0.717, 1.165) is 31.1 Å². The summed E-state index contributed by atoms with van der Waals surface area (Å²) in [6, 6.07) is 8.93. The van der Waals surface area contributed by atoms with Gasteiger partial charge in [0.15, 0.2) is 0 Å². The topological polar surface area (TPSA) is 32.5 Å². The van der Waals surface area contributed by atoms with Crippen LogP contribution in [0.5, 0.6) is 0 Å². The van der Waals surface area contributed by atoms with E-state index in [1.165, 1.54) is 5.56 Å². The molecular weight excluding hydrogens is 270 g/mol. The molecule has 1 aromatic carbocycles. The first kappa shape index (κ1) is 15.8. The Morgan fingerprint density at radius 3 is 2.65 bits per heavy atom. The smallest absolute Gasteiger partial charge is 0.0517 e. The van der Waals surface area contributed by atoms with Gasteiger partial charge in [-0.3, -0.25) is 4.90 Å². The van der Waals surface area contributed by atoms with Gasteiger partial charge in [-0.25, -0.2) is 0 Å². The Bertz CT molecular complexity index is 437. The van der Waals surface area contributed by atoms with E-state index >= 15 is 0 Å². The van der Waals surface area contributed by atoms with E-state index in [0.29, 0.717) is 6.04 Å². The average molecular weight is 296 g/mol. The molecule has 0 radical (unpaired) electrons. The summed E-state index contributed by atoms with van der Waals surface area (Å²) < 4.78 is 0. The van der Waals surface area contributed by atoms with Gasteiger partial charge in [0.05, 0.1) is 6.04 Å². The number of hydrogen-bond acceptors (Lipinski definition) is 3. The van der Waals surface area contributed by atoms with Gasteiger partial charge >= 0.3 is 0 Å². The zero-order chi connectivity index (χ0) is 14.7. The standard InChI is InChI=1S/C16H26ClN3/c1-4-15(18)16(13-7-5-6-8-14(13)17)20-10-9-19(3)11-12(20)2/h5-8,12,15-16H,4,9-11,18H2,1-3H3. The van der Waals surface area contributed by atoms with E-state index in [1.54, 1.807) is 0 Å². The molecule has 1 aromatic rings. The number of hydrogen-bond donors (Lipinski definition) is 1. The fourth-order valence-corrected chi connectivity index (χ4v) is 3.41. The lowest BCUT2D eigenvalue weighted by atomic mass is 9.94. The summed E-state index contributed by atoms with van der Waals surface area (Å²) in [5.74, 6) is 0. The van der Waals surface area contributed by atoms with E-state index in [-0.39, 0.29) is 12.1 Å². The molecule has 0 saturated carbocycles. The first-order valence-electron chi connectivity index (χ1n) is 7.48. The lowest BCUT2D eigenvalue weighted by molar-refractivity contribution is 0.0492. The maximum atomic E-state index is 6.43. The van der Waals surface area contributed by atoms with Crippen molar-refractivity contribution in [3.63, 3.8) is 0 Å². The van der Waals surface area contributed by atoms with Crippen LogP contribution in [0.3, 0.4) is 0 Å². The number of nitrogens with zero attached hydrogens (tertiary/aromatic N) is 2. The van der Waals surface area contributed by atoms with Gasteiger partial charge in [-0.2, -0.15) is 0 Å². The summed E-state index contributed by atoms with van der Waals surface area (Å²) >= 11 is 6.42. The first-order chi connectivity index (χ1) is 9.54. The molecule has 4 heteroatoms. The van der Waals surface area contributed by atoms with Crippen LogP contribution >= 0.6 is 11.6 Å². The Balaban J connectivity index is 2.31. The van der Waals surface area contributed by atoms with Crippen molar-refractivity contribution in [1.82, 2.24) is 9.80 Å². The lowest BCUT2D eigenvalue weighted by Gasteiger charge is -2.45. The second-order valence-electron chi connectivity index (χ2n) is 5.89. The Hall–Kier alpha value is -0.610. The summed E-state index contributed by atoms with van der Waals surface area (Å²) in [6.45, 7) is 7.64. The minimum absolute atomic E-state index is 0.112. The maximum Gasteiger partial charge on any atom is 0.0517 e. The molecule has 1 aliphatic rings.